The number of benzene rings is 2. The third kappa shape index (κ3) is 4.82. The normalized spacial score (nSPS) is 15.5. The maximum atomic E-state index is 13.5. The van der Waals surface area contributed by atoms with Crippen molar-refractivity contribution in [1.82, 2.24) is 9.62 Å². The number of rotatable bonds is 7. The van der Waals surface area contributed by atoms with Gasteiger partial charge in [0.15, 0.2) is 6.10 Å². The molecule has 1 aliphatic rings. The van der Waals surface area contributed by atoms with Gasteiger partial charge in [-0.3, -0.25) is 9.59 Å². The van der Waals surface area contributed by atoms with Crippen molar-refractivity contribution in [1.29, 1.82) is 0 Å². The molecule has 9 nitrogen and oxygen atoms in total. The van der Waals surface area contributed by atoms with E-state index in [0.29, 0.717) is 17.2 Å². The van der Waals surface area contributed by atoms with E-state index < -0.39 is 28.6 Å². The number of anilines is 1. The molecule has 0 saturated heterocycles. The topological polar surface area (TPSA) is 109 Å². The van der Waals surface area contributed by atoms with Crippen molar-refractivity contribution in [3.8, 4) is 5.75 Å². The molecule has 0 spiro atoms. The van der Waals surface area contributed by atoms with Gasteiger partial charge in [0, 0.05) is 7.05 Å². The molecule has 3 aromatic rings. The van der Waals surface area contributed by atoms with Gasteiger partial charge in [-0.2, -0.15) is 4.31 Å². The molecule has 4 rings (SSSR count). The van der Waals surface area contributed by atoms with Gasteiger partial charge in [-0.25, -0.2) is 8.42 Å². The summed E-state index contributed by atoms with van der Waals surface area (Å²) in [6.07, 6.45) is 0.524. The number of amides is 2. The summed E-state index contributed by atoms with van der Waals surface area (Å²) in [5, 5.41) is 2.53. The average molecular weight is 484 g/mol. The van der Waals surface area contributed by atoms with Crippen LogP contribution in [0.1, 0.15) is 11.3 Å². The van der Waals surface area contributed by atoms with Crippen LogP contribution in [0, 0.1) is 6.92 Å². The van der Waals surface area contributed by atoms with Crippen LogP contribution in [0.5, 0.6) is 5.75 Å². The number of para-hydroxylation sites is 2. The van der Waals surface area contributed by atoms with Gasteiger partial charge in [0.05, 0.1) is 36.5 Å². The van der Waals surface area contributed by atoms with Crippen molar-refractivity contribution >= 4 is 27.5 Å². The highest BCUT2D eigenvalue weighted by atomic mass is 32.2. The molecular weight excluding hydrogens is 458 g/mol. The molecule has 1 aromatic heterocycles. The zero-order chi connectivity index (χ0) is 24.3. The lowest BCUT2D eigenvalue weighted by Crippen LogP contribution is -2.52. The molecule has 0 radical (unpaired) electrons. The van der Waals surface area contributed by atoms with E-state index in [1.54, 1.807) is 48.5 Å². The Morgan fingerprint density at radius 1 is 1.09 bits per heavy atom. The minimum absolute atomic E-state index is 0.0469. The third-order valence-electron chi connectivity index (χ3n) is 5.50. The molecule has 2 aromatic carbocycles. The van der Waals surface area contributed by atoms with E-state index in [-0.39, 0.29) is 23.9 Å². The maximum absolute atomic E-state index is 13.5. The number of carbonyl (C=O) groups is 2. The molecule has 0 bridgehead atoms. The second kappa shape index (κ2) is 9.70. The van der Waals surface area contributed by atoms with Crippen molar-refractivity contribution in [3.63, 3.8) is 0 Å². The standard InChI is InChI=1S/C24H25N3O6S/c1-17-9-11-19(12-10-17)34(30,31)26(14-18-6-5-13-32-18)16-23(28)27-15-22(24(29)25-2)33-21-8-4-3-7-20(21)27/h3-13,22H,14-16H2,1-2H3,(H,25,29)/t22-/m1/s1. The number of nitrogens with zero attached hydrogens (tertiary/aromatic N) is 2. The van der Waals surface area contributed by atoms with Crippen LogP contribution in [0.4, 0.5) is 5.69 Å². The number of fused-ring (bicyclic) bond motifs is 1. The highest BCUT2D eigenvalue weighted by Gasteiger charge is 2.36. The Labute approximate surface area is 198 Å². The summed E-state index contributed by atoms with van der Waals surface area (Å²) >= 11 is 0. The monoisotopic (exact) mass is 483 g/mol. The van der Waals surface area contributed by atoms with E-state index >= 15 is 0 Å². The Balaban J connectivity index is 1.66. The van der Waals surface area contributed by atoms with Gasteiger partial charge in [-0.05, 0) is 43.3 Å². The third-order valence-corrected chi connectivity index (χ3v) is 7.30. The molecule has 2 heterocycles. The average Bonchev–Trinajstić information content (AvgIpc) is 3.36. The fourth-order valence-corrected chi connectivity index (χ4v) is 5.02. The van der Waals surface area contributed by atoms with E-state index in [1.807, 2.05) is 6.92 Å². The quantitative estimate of drug-likeness (QED) is 0.553. The van der Waals surface area contributed by atoms with Gasteiger partial charge in [0.1, 0.15) is 11.5 Å². The Hall–Kier alpha value is -3.63. The fourth-order valence-electron chi connectivity index (χ4n) is 3.67. The van der Waals surface area contributed by atoms with Gasteiger partial charge in [0.25, 0.3) is 5.91 Å². The molecule has 2 amide bonds. The van der Waals surface area contributed by atoms with Crippen LogP contribution < -0.4 is 15.0 Å². The van der Waals surface area contributed by atoms with E-state index in [9.17, 15) is 18.0 Å². The van der Waals surface area contributed by atoms with E-state index in [1.165, 1.54) is 30.3 Å². The lowest BCUT2D eigenvalue weighted by atomic mass is 10.1. The van der Waals surface area contributed by atoms with Crippen molar-refractivity contribution < 1.29 is 27.2 Å². The summed E-state index contributed by atoms with van der Waals surface area (Å²) in [4.78, 5) is 27.2. The molecule has 0 aliphatic carbocycles. The molecular formula is C24H25N3O6S. The molecule has 178 valence electrons. The maximum Gasteiger partial charge on any atom is 0.262 e. The van der Waals surface area contributed by atoms with Gasteiger partial charge in [0.2, 0.25) is 15.9 Å². The minimum Gasteiger partial charge on any atom is -0.477 e. The van der Waals surface area contributed by atoms with Crippen LogP contribution in [0.2, 0.25) is 0 Å². The molecule has 0 unspecified atom stereocenters. The van der Waals surface area contributed by atoms with E-state index in [4.69, 9.17) is 9.15 Å². The Kier molecular flexibility index (Phi) is 6.71. The summed E-state index contributed by atoms with van der Waals surface area (Å²) in [7, 11) is -2.54. The number of hydrogen-bond acceptors (Lipinski definition) is 6. The first-order valence-corrected chi connectivity index (χ1v) is 12.1. The first-order valence-electron chi connectivity index (χ1n) is 10.7. The number of sulfonamides is 1. The van der Waals surface area contributed by atoms with Crippen molar-refractivity contribution in [2.24, 2.45) is 0 Å². The number of aryl methyl sites for hydroxylation is 1. The zero-order valence-corrected chi connectivity index (χ0v) is 19.6. The van der Waals surface area contributed by atoms with Crippen LogP contribution in [0.15, 0.2) is 76.2 Å². The summed E-state index contributed by atoms with van der Waals surface area (Å²) in [6.45, 7) is 1.24. The predicted molar refractivity (Wildman–Crippen MR) is 125 cm³/mol. The van der Waals surface area contributed by atoms with Gasteiger partial charge in [-0.15, -0.1) is 0 Å². The lowest BCUT2D eigenvalue weighted by molar-refractivity contribution is -0.128. The van der Waals surface area contributed by atoms with Crippen LogP contribution >= 0.6 is 0 Å². The highest BCUT2D eigenvalue weighted by molar-refractivity contribution is 7.89. The summed E-state index contributed by atoms with van der Waals surface area (Å²) in [6, 6.07) is 16.6. The fraction of sp³-hybridized carbons (Fsp3) is 0.250. The van der Waals surface area contributed by atoms with Gasteiger partial charge in [-0.1, -0.05) is 29.8 Å². The molecule has 1 aliphatic heterocycles. The summed E-state index contributed by atoms with van der Waals surface area (Å²) < 4.78 is 39.1. The first-order chi connectivity index (χ1) is 16.3. The number of carbonyl (C=O) groups excluding carboxylic acids is 2. The molecule has 0 saturated carbocycles. The van der Waals surface area contributed by atoms with Crippen molar-refractivity contribution in [3.05, 3.63) is 78.3 Å². The Morgan fingerprint density at radius 2 is 1.82 bits per heavy atom. The lowest BCUT2D eigenvalue weighted by Gasteiger charge is -2.35. The number of likely N-dealkylation sites (N-methyl/N-ethyl adjacent to an activating group) is 1. The number of nitrogens with one attached hydrogen (secondary N) is 1. The second-order valence-electron chi connectivity index (χ2n) is 7.86. The highest BCUT2D eigenvalue weighted by Crippen LogP contribution is 2.33. The van der Waals surface area contributed by atoms with Gasteiger partial charge >= 0.3 is 0 Å². The molecule has 0 fully saturated rings. The van der Waals surface area contributed by atoms with Crippen LogP contribution in [-0.4, -0.2) is 50.8 Å². The number of hydrogen-bond donors (Lipinski definition) is 1. The van der Waals surface area contributed by atoms with Crippen molar-refractivity contribution in [2.75, 3.05) is 25.0 Å². The molecule has 34 heavy (non-hydrogen) atoms. The molecule has 1 atom stereocenters. The summed E-state index contributed by atoms with van der Waals surface area (Å²) in [5.41, 5.74) is 1.39. The van der Waals surface area contributed by atoms with Crippen LogP contribution in [-0.2, 0) is 26.2 Å². The van der Waals surface area contributed by atoms with E-state index in [2.05, 4.69) is 5.32 Å². The molecule has 10 heteroatoms. The van der Waals surface area contributed by atoms with Crippen LogP contribution in [0.25, 0.3) is 0 Å². The zero-order valence-electron chi connectivity index (χ0n) is 18.8. The predicted octanol–water partition coefficient (Wildman–Crippen LogP) is 2.32. The smallest absolute Gasteiger partial charge is 0.262 e. The Morgan fingerprint density at radius 3 is 2.50 bits per heavy atom. The molecule has 1 N–H and O–H groups in total. The Bertz CT molecular complexity index is 1270. The second-order valence-corrected chi connectivity index (χ2v) is 9.80. The van der Waals surface area contributed by atoms with E-state index in [0.717, 1.165) is 9.87 Å². The van der Waals surface area contributed by atoms with Crippen molar-refractivity contribution in [2.45, 2.75) is 24.5 Å². The number of furan rings is 1. The van der Waals surface area contributed by atoms with Gasteiger partial charge < -0.3 is 19.4 Å². The first kappa shape index (κ1) is 23.5. The minimum atomic E-state index is -4.02. The SMILES string of the molecule is CNC(=O)[C@H]1CN(C(=O)CN(Cc2ccco2)S(=O)(=O)c2ccc(C)cc2)c2ccccc2O1. The van der Waals surface area contributed by atoms with Crippen LogP contribution in [0.3, 0.4) is 0 Å². The number of ether oxygens (including phenoxy) is 1. The summed E-state index contributed by atoms with van der Waals surface area (Å²) in [5.74, 6) is -0.109. The largest absolute Gasteiger partial charge is 0.477 e.